The summed E-state index contributed by atoms with van der Waals surface area (Å²) in [4.78, 5) is 1.33. The Morgan fingerprint density at radius 3 is 2.29 bits per heavy atom. The van der Waals surface area contributed by atoms with Gasteiger partial charge in [0, 0.05) is 13.2 Å². The molecule has 1 N–H and O–H groups in total. The van der Waals surface area contributed by atoms with Crippen molar-refractivity contribution in [2.75, 3.05) is 26.2 Å². The zero-order valence-electron chi connectivity index (χ0n) is 8.64. The molecule has 0 heterocycles. The number of aliphatic hydroxyl groups is 1. The first kappa shape index (κ1) is 13.7. The number of hydrogen-bond donors (Lipinski definition) is 1. The summed E-state index contributed by atoms with van der Waals surface area (Å²) < 4.78 is 36.2. The summed E-state index contributed by atoms with van der Waals surface area (Å²) in [6, 6.07) is 0. The van der Waals surface area contributed by atoms with Gasteiger partial charge in [-0.2, -0.15) is 13.2 Å². The maximum absolute atomic E-state index is 12.1. The number of nitrogens with zero attached hydrogens (tertiary/aromatic N) is 1. The third-order valence-electron chi connectivity index (χ3n) is 1.82. The van der Waals surface area contributed by atoms with E-state index >= 15 is 0 Å². The first-order chi connectivity index (χ1) is 6.39. The fourth-order valence-electron chi connectivity index (χ4n) is 1.30. The van der Waals surface area contributed by atoms with Crippen LogP contribution >= 0.6 is 0 Å². The van der Waals surface area contributed by atoms with Crippen LogP contribution in [0.1, 0.15) is 20.3 Å². The highest BCUT2D eigenvalue weighted by Gasteiger charge is 2.30. The summed E-state index contributed by atoms with van der Waals surface area (Å²) in [6.07, 6.45) is -3.46. The van der Waals surface area contributed by atoms with Crippen LogP contribution < -0.4 is 0 Å². The lowest BCUT2D eigenvalue weighted by Gasteiger charge is -2.25. The predicted molar refractivity (Wildman–Crippen MR) is 49.0 cm³/mol. The summed E-state index contributed by atoms with van der Waals surface area (Å²) in [5.41, 5.74) is 0. The maximum Gasteiger partial charge on any atom is 0.401 e. The van der Waals surface area contributed by atoms with Crippen molar-refractivity contribution >= 4 is 0 Å². The summed E-state index contributed by atoms with van der Waals surface area (Å²) >= 11 is 0. The molecule has 0 bridgehead atoms. The molecule has 0 aromatic carbocycles. The molecule has 14 heavy (non-hydrogen) atoms. The van der Waals surface area contributed by atoms with Crippen LogP contribution in [-0.4, -0.2) is 42.4 Å². The van der Waals surface area contributed by atoms with Crippen molar-refractivity contribution in [1.29, 1.82) is 0 Å². The summed E-state index contributed by atoms with van der Waals surface area (Å²) in [7, 11) is 0. The standard InChI is InChI=1S/C9H18F3NO/c1-3-4-13(5-8(2)6-14)7-9(10,11)12/h8,14H,3-7H2,1-2H3. The molecule has 0 rings (SSSR count). The molecule has 0 spiro atoms. The minimum atomic E-state index is -4.15. The number of aliphatic hydroxyl groups excluding tert-OH is 1. The van der Waals surface area contributed by atoms with Gasteiger partial charge in [0.1, 0.15) is 0 Å². The fourth-order valence-corrected chi connectivity index (χ4v) is 1.30. The number of alkyl halides is 3. The van der Waals surface area contributed by atoms with Crippen LogP contribution in [0.4, 0.5) is 13.2 Å². The number of halogens is 3. The van der Waals surface area contributed by atoms with Crippen LogP contribution in [0.3, 0.4) is 0 Å². The Labute approximate surface area is 82.7 Å². The van der Waals surface area contributed by atoms with E-state index in [0.29, 0.717) is 19.5 Å². The van der Waals surface area contributed by atoms with Gasteiger partial charge in [0.25, 0.3) is 0 Å². The SMILES string of the molecule is CCCN(CC(C)CO)CC(F)(F)F. The van der Waals surface area contributed by atoms with E-state index in [1.807, 2.05) is 6.92 Å². The van der Waals surface area contributed by atoms with Gasteiger partial charge in [-0.3, -0.25) is 4.90 Å². The molecule has 1 unspecified atom stereocenters. The van der Waals surface area contributed by atoms with Crippen LogP contribution in [0, 0.1) is 5.92 Å². The second-order valence-electron chi connectivity index (χ2n) is 3.64. The maximum atomic E-state index is 12.1. The molecule has 0 aromatic heterocycles. The van der Waals surface area contributed by atoms with Crippen molar-refractivity contribution in [1.82, 2.24) is 4.90 Å². The lowest BCUT2D eigenvalue weighted by Crippen LogP contribution is -2.38. The van der Waals surface area contributed by atoms with E-state index in [1.165, 1.54) is 4.90 Å². The minimum Gasteiger partial charge on any atom is -0.396 e. The first-order valence-corrected chi connectivity index (χ1v) is 4.79. The van der Waals surface area contributed by atoms with Gasteiger partial charge < -0.3 is 5.11 Å². The van der Waals surface area contributed by atoms with E-state index in [2.05, 4.69) is 0 Å². The Morgan fingerprint density at radius 1 is 1.36 bits per heavy atom. The normalized spacial score (nSPS) is 14.8. The second kappa shape index (κ2) is 6.24. The molecule has 0 amide bonds. The average Bonchev–Trinajstić information content (AvgIpc) is 2.01. The van der Waals surface area contributed by atoms with Gasteiger partial charge in [0.15, 0.2) is 0 Å². The van der Waals surface area contributed by atoms with Crippen LogP contribution in [0.15, 0.2) is 0 Å². The molecule has 0 aliphatic carbocycles. The van der Waals surface area contributed by atoms with Gasteiger partial charge in [-0.05, 0) is 18.9 Å². The lowest BCUT2D eigenvalue weighted by molar-refractivity contribution is -0.147. The first-order valence-electron chi connectivity index (χ1n) is 4.79. The molecule has 2 nitrogen and oxygen atoms in total. The minimum absolute atomic E-state index is 0.0714. The Bertz CT molecular complexity index is 149. The highest BCUT2D eigenvalue weighted by molar-refractivity contribution is 4.65. The van der Waals surface area contributed by atoms with E-state index in [9.17, 15) is 13.2 Å². The van der Waals surface area contributed by atoms with E-state index in [1.54, 1.807) is 6.92 Å². The van der Waals surface area contributed by atoms with E-state index in [0.717, 1.165) is 0 Å². The fraction of sp³-hybridized carbons (Fsp3) is 1.00. The van der Waals surface area contributed by atoms with Gasteiger partial charge >= 0.3 is 6.18 Å². The molecule has 86 valence electrons. The van der Waals surface area contributed by atoms with Crippen LogP contribution in [0.5, 0.6) is 0 Å². The predicted octanol–water partition coefficient (Wildman–Crippen LogP) is 1.89. The van der Waals surface area contributed by atoms with Gasteiger partial charge in [0.2, 0.25) is 0 Å². The molecule has 0 aliphatic heterocycles. The largest absolute Gasteiger partial charge is 0.401 e. The van der Waals surface area contributed by atoms with Crippen LogP contribution in [0.2, 0.25) is 0 Å². The molecule has 0 saturated carbocycles. The molecular formula is C9H18F3NO. The Hall–Kier alpha value is -0.290. The quantitative estimate of drug-likeness (QED) is 0.728. The van der Waals surface area contributed by atoms with Crippen molar-refractivity contribution in [3.8, 4) is 0 Å². The molecule has 5 heteroatoms. The Kier molecular flexibility index (Phi) is 6.11. The van der Waals surface area contributed by atoms with Gasteiger partial charge in [-0.25, -0.2) is 0 Å². The summed E-state index contributed by atoms with van der Waals surface area (Å²) in [5.74, 6) is -0.108. The Balaban J connectivity index is 4.01. The summed E-state index contributed by atoms with van der Waals surface area (Å²) in [6.45, 7) is 3.34. The van der Waals surface area contributed by atoms with Crippen molar-refractivity contribution in [2.45, 2.75) is 26.4 Å². The van der Waals surface area contributed by atoms with E-state index in [-0.39, 0.29) is 12.5 Å². The van der Waals surface area contributed by atoms with Crippen molar-refractivity contribution in [3.63, 3.8) is 0 Å². The zero-order chi connectivity index (χ0) is 11.2. The van der Waals surface area contributed by atoms with E-state index < -0.39 is 12.7 Å². The summed E-state index contributed by atoms with van der Waals surface area (Å²) in [5, 5.41) is 8.74. The number of rotatable bonds is 6. The van der Waals surface area contributed by atoms with Crippen LogP contribution in [-0.2, 0) is 0 Å². The molecule has 0 aliphatic rings. The molecule has 0 saturated heterocycles. The third-order valence-corrected chi connectivity index (χ3v) is 1.82. The molecule has 0 fully saturated rings. The second-order valence-corrected chi connectivity index (χ2v) is 3.64. The highest BCUT2D eigenvalue weighted by Crippen LogP contribution is 2.17. The van der Waals surface area contributed by atoms with Gasteiger partial charge in [-0.15, -0.1) is 0 Å². The lowest BCUT2D eigenvalue weighted by atomic mass is 10.2. The van der Waals surface area contributed by atoms with Crippen molar-refractivity contribution in [2.24, 2.45) is 5.92 Å². The zero-order valence-corrected chi connectivity index (χ0v) is 8.64. The topological polar surface area (TPSA) is 23.5 Å². The van der Waals surface area contributed by atoms with Gasteiger partial charge in [0.05, 0.1) is 6.54 Å². The monoisotopic (exact) mass is 213 g/mol. The Morgan fingerprint density at radius 2 is 1.93 bits per heavy atom. The van der Waals surface area contributed by atoms with Crippen LogP contribution in [0.25, 0.3) is 0 Å². The number of hydrogen-bond acceptors (Lipinski definition) is 2. The third kappa shape index (κ3) is 7.15. The smallest absolute Gasteiger partial charge is 0.396 e. The van der Waals surface area contributed by atoms with Crippen molar-refractivity contribution < 1.29 is 18.3 Å². The molecule has 0 aromatic rings. The average molecular weight is 213 g/mol. The van der Waals surface area contributed by atoms with Crippen molar-refractivity contribution in [3.05, 3.63) is 0 Å². The molecule has 0 radical (unpaired) electrons. The van der Waals surface area contributed by atoms with E-state index in [4.69, 9.17) is 5.11 Å². The molecular weight excluding hydrogens is 195 g/mol. The highest BCUT2D eigenvalue weighted by atomic mass is 19.4. The molecule has 1 atom stereocenters. The van der Waals surface area contributed by atoms with Gasteiger partial charge in [-0.1, -0.05) is 13.8 Å².